The molecule has 0 radical (unpaired) electrons. The molecule has 0 aliphatic rings. The van der Waals surface area contributed by atoms with Crippen LogP contribution in [0, 0.1) is 0 Å². The molecule has 0 aliphatic heterocycles. The van der Waals surface area contributed by atoms with Crippen molar-refractivity contribution >= 4 is 47.0 Å². The number of nitrogens with one attached hydrogen (secondary N) is 4. The predicted octanol–water partition coefficient (Wildman–Crippen LogP) is 4.32. The summed E-state index contributed by atoms with van der Waals surface area (Å²) >= 11 is 6.22. The lowest BCUT2D eigenvalue weighted by Gasteiger charge is -2.18. The summed E-state index contributed by atoms with van der Waals surface area (Å²) in [6, 6.07) is 19.8. The van der Waals surface area contributed by atoms with Gasteiger partial charge in [0.05, 0.1) is 30.1 Å². The molecule has 14 nitrogen and oxygen atoms in total. The Balaban J connectivity index is 1.44. The van der Waals surface area contributed by atoms with Gasteiger partial charge in [0.2, 0.25) is 11.8 Å². The van der Waals surface area contributed by atoms with Crippen LogP contribution in [-0.4, -0.2) is 55.4 Å². The molecule has 1 atom stereocenters. The van der Waals surface area contributed by atoms with Crippen molar-refractivity contribution < 1.29 is 19.1 Å². The summed E-state index contributed by atoms with van der Waals surface area (Å²) in [7, 11) is 1.26. The van der Waals surface area contributed by atoms with Crippen molar-refractivity contribution in [2.75, 3.05) is 17.7 Å². The number of aromatic amines is 1. The van der Waals surface area contributed by atoms with Crippen LogP contribution >= 0.6 is 11.6 Å². The van der Waals surface area contributed by atoms with Gasteiger partial charge in [0.25, 0.3) is 5.56 Å². The zero-order valence-electron chi connectivity index (χ0n) is 25.1. The fourth-order valence-corrected chi connectivity index (χ4v) is 4.81. The van der Waals surface area contributed by atoms with E-state index in [9.17, 15) is 19.2 Å². The second-order valence-corrected chi connectivity index (χ2v) is 10.6. The molecule has 2 aromatic heterocycles. The van der Waals surface area contributed by atoms with Crippen LogP contribution in [0.5, 0.6) is 0 Å². The molecular weight excluding hydrogens is 626 g/mol. The minimum Gasteiger partial charge on any atom is -0.453 e. The van der Waals surface area contributed by atoms with Gasteiger partial charge in [-0.25, -0.2) is 9.89 Å². The fraction of sp³-hybridized carbons (Fsp3) is 0.125. The standard InChI is InChI=1S/C32H28ClN9O5/c1-19(43)35-24-9-3-20(4-10-24)15-27(37-30(44)14-7-22-16-23(33)8-13-29(22)42-18-34-40-41-42)28-17-26(31(45)39-38-28)21-5-11-25(12-6-21)36-32(46)47-2/h3-14,16-18,27H,15H2,1-2H3,(H,35,43)(H,36,46)(H,37,44)(H,39,45)/b14-7+/t27-/m0/s1. The molecule has 0 fully saturated rings. The number of methoxy groups -OCH3 is 1. The van der Waals surface area contributed by atoms with E-state index in [0.717, 1.165) is 5.56 Å². The molecular formula is C32H28ClN9O5. The first-order chi connectivity index (χ1) is 22.7. The highest BCUT2D eigenvalue weighted by atomic mass is 35.5. The van der Waals surface area contributed by atoms with Crippen molar-refractivity contribution in [2.24, 2.45) is 0 Å². The van der Waals surface area contributed by atoms with Crippen LogP contribution in [0.2, 0.25) is 5.02 Å². The molecule has 0 spiro atoms. The lowest BCUT2D eigenvalue weighted by Crippen LogP contribution is -2.30. The van der Waals surface area contributed by atoms with Gasteiger partial charge in [-0.3, -0.25) is 19.7 Å². The van der Waals surface area contributed by atoms with E-state index < -0.39 is 23.6 Å². The molecule has 0 unspecified atom stereocenters. The number of anilines is 2. The van der Waals surface area contributed by atoms with Gasteiger partial charge in [0, 0.05) is 35.0 Å². The Labute approximate surface area is 272 Å². The normalized spacial score (nSPS) is 11.6. The lowest BCUT2D eigenvalue weighted by molar-refractivity contribution is -0.117. The zero-order valence-corrected chi connectivity index (χ0v) is 25.9. The van der Waals surface area contributed by atoms with E-state index in [-0.39, 0.29) is 5.91 Å². The molecule has 3 amide bonds. The average Bonchev–Trinajstić information content (AvgIpc) is 3.60. The Morgan fingerprint density at radius 2 is 1.72 bits per heavy atom. The number of tetrazole rings is 1. The second-order valence-electron chi connectivity index (χ2n) is 10.2. The van der Waals surface area contributed by atoms with Gasteiger partial charge in [-0.15, -0.1) is 5.10 Å². The second kappa shape index (κ2) is 14.8. The number of rotatable bonds is 10. The van der Waals surface area contributed by atoms with Crippen LogP contribution in [0.15, 0.2) is 90.0 Å². The number of carbonyl (C=O) groups is 3. The fourth-order valence-electron chi connectivity index (χ4n) is 4.63. The van der Waals surface area contributed by atoms with E-state index in [2.05, 4.69) is 46.4 Å². The summed E-state index contributed by atoms with van der Waals surface area (Å²) in [5.74, 6) is -0.642. The van der Waals surface area contributed by atoms with Crippen molar-refractivity contribution in [3.63, 3.8) is 0 Å². The highest BCUT2D eigenvalue weighted by Crippen LogP contribution is 2.24. The van der Waals surface area contributed by atoms with Crippen LogP contribution < -0.4 is 21.5 Å². The van der Waals surface area contributed by atoms with Gasteiger partial charge < -0.3 is 15.4 Å². The number of halogens is 1. The molecule has 47 heavy (non-hydrogen) atoms. The molecule has 3 aromatic carbocycles. The van der Waals surface area contributed by atoms with Crippen molar-refractivity contribution in [3.05, 3.63) is 117 Å². The van der Waals surface area contributed by atoms with E-state index in [1.165, 1.54) is 31.1 Å². The zero-order chi connectivity index (χ0) is 33.3. The number of hydrogen-bond donors (Lipinski definition) is 4. The topological polar surface area (TPSA) is 186 Å². The van der Waals surface area contributed by atoms with Crippen molar-refractivity contribution in [3.8, 4) is 16.8 Å². The first-order valence-electron chi connectivity index (χ1n) is 14.1. The third kappa shape index (κ3) is 8.52. The highest BCUT2D eigenvalue weighted by Gasteiger charge is 2.19. The first-order valence-corrected chi connectivity index (χ1v) is 14.5. The third-order valence-corrected chi connectivity index (χ3v) is 7.07. The maximum absolute atomic E-state index is 13.4. The number of carbonyl (C=O) groups excluding carboxylic acids is 3. The summed E-state index contributed by atoms with van der Waals surface area (Å²) < 4.78 is 6.07. The molecule has 4 N–H and O–H groups in total. The van der Waals surface area contributed by atoms with Gasteiger partial charge in [0.1, 0.15) is 6.33 Å². The van der Waals surface area contributed by atoms with Crippen molar-refractivity contribution in [1.82, 2.24) is 35.7 Å². The number of hydrogen-bond acceptors (Lipinski definition) is 9. The Morgan fingerprint density at radius 3 is 2.40 bits per heavy atom. The number of nitrogens with zero attached hydrogens (tertiary/aromatic N) is 5. The Morgan fingerprint density at radius 1 is 1.00 bits per heavy atom. The van der Waals surface area contributed by atoms with E-state index in [4.69, 9.17) is 11.6 Å². The van der Waals surface area contributed by atoms with E-state index >= 15 is 0 Å². The van der Waals surface area contributed by atoms with Crippen LogP contribution in [0.1, 0.15) is 29.8 Å². The van der Waals surface area contributed by atoms with Crippen LogP contribution in [0.4, 0.5) is 16.2 Å². The van der Waals surface area contributed by atoms with E-state index in [0.29, 0.717) is 50.9 Å². The number of amides is 3. The van der Waals surface area contributed by atoms with Crippen molar-refractivity contribution in [1.29, 1.82) is 0 Å². The Bertz CT molecular complexity index is 1980. The minimum absolute atomic E-state index is 0.197. The summed E-state index contributed by atoms with van der Waals surface area (Å²) in [6.45, 7) is 1.42. The molecule has 0 saturated heterocycles. The number of H-pyrrole nitrogens is 1. The van der Waals surface area contributed by atoms with Crippen molar-refractivity contribution in [2.45, 2.75) is 19.4 Å². The van der Waals surface area contributed by atoms with Gasteiger partial charge in [-0.05, 0) is 82.6 Å². The summed E-state index contributed by atoms with van der Waals surface area (Å²) in [5.41, 5.74) is 3.96. The first kappa shape index (κ1) is 32.2. The maximum atomic E-state index is 13.4. The maximum Gasteiger partial charge on any atom is 0.411 e. The van der Waals surface area contributed by atoms with Gasteiger partial charge in [-0.2, -0.15) is 9.78 Å². The largest absolute Gasteiger partial charge is 0.453 e. The average molecular weight is 654 g/mol. The molecule has 5 rings (SSSR count). The van der Waals surface area contributed by atoms with Crippen LogP contribution in [-0.2, 0) is 20.7 Å². The molecule has 0 saturated carbocycles. The summed E-state index contributed by atoms with van der Waals surface area (Å²) in [4.78, 5) is 49.2. The highest BCUT2D eigenvalue weighted by molar-refractivity contribution is 6.30. The van der Waals surface area contributed by atoms with Crippen LogP contribution in [0.3, 0.4) is 0 Å². The number of ether oxygens (including phenoxy) is 1. The summed E-state index contributed by atoms with van der Waals surface area (Å²) in [6.07, 6.45) is 4.05. The minimum atomic E-state index is -0.687. The predicted molar refractivity (Wildman–Crippen MR) is 175 cm³/mol. The van der Waals surface area contributed by atoms with Gasteiger partial charge >= 0.3 is 6.09 Å². The number of aromatic nitrogens is 6. The molecule has 2 heterocycles. The SMILES string of the molecule is COC(=O)Nc1ccc(-c2cc([C@H](Cc3ccc(NC(C)=O)cc3)NC(=O)/C=C/c3cc(Cl)ccc3-n3cnnn3)n[nH]c2=O)cc1. The monoisotopic (exact) mass is 653 g/mol. The number of benzene rings is 3. The Hall–Kier alpha value is -6.15. The summed E-state index contributed by atoms with van der Waals surface area (Å²) in [5, 5.41) is 26.8. The Kier molecular flexibility index (Phi) is 10.1. The van der Waals surface area contributed by atoms with E-state index in [1.54, 1.807) is 66.7 Å². The quantitative estimate of drug-likeness (QED) is 0.159. The molecule has 5 aromatic rings. The molecule has 15 heteroatoms. The molecule has 0 aliphatic carbocycles. The van der Waals surface area contributed by atoms with Crippen LogP contribution in [0.25, 0.3) is 22.9 Å². The molecule has 238 valence electrons. The smallest absolute Gasteiger partial charge is 0.411 e. The third-order valence-electron chi connectivity index (χ3n) is 6.84. The molecule has 0 bridgehead atoms. The van der Waals surface area contributed by atoms with E-state index in [1.807, 2.05) is 12.1 Å². The van der Waals surface area contributed by atoms with Gasteiger partial charge in [-0.1, -0.05) is 35.9 Å². The lowest BCUT2D eigenvalue weighted by atomic mass is 9.99. The van der Waals surface area contributed by atoms with Gasteiger partial charge in [0.15, 0.2) is 0 Å².